The van der Waals surface area contributed by atoms with E-state index in [2.05, 4.69) is 4.98 Å². The largest absolute Gasteiger partial charge is 0.481 e. The lowest BCUT2D eigenvalue weighted by Crippen LogP contribution is -2.27. The van der Waals surface area contributed by atoms with E-state index < -0.39 is 5.97 Å². The van der Waals surface area contributed by atoms with Crippen LogP contribution in [-0.4, -0.2) is 22.6 Å². The zero-order chi connectivity index (χ0) is 14.4. The molecule has 0 aliphatic rings. The molecule has 4 heteroatoms. The molecule has 0 saturated heterocycles. The molecule has 0 fully saturated rings. The molecule has 0 radical (unpaired) electrons. The van der Waals surface area contributed by atoms with Crippen LogP contribution in [0.15, 0.2) is 48.7 Å². The van der Waals surface area contributed by atoms with Gasteiger partial charge in [0.05, 0.1) is 6.42 Å². The van der Waals surface area contributed by atoms with Crippen molar-refractivity contribution in [3.8, 4) is 0 Å². The summed E-state index contributed by atoms with van der Waals surface area (Å²) in [5.74, 6) is 0.0502. The molecule has 0 atom stereocenters. The monoisotopic (exact) mass is 270 g/mol. The Bertz CT molecular complexity index is 570. The van der Waals surface area contributed by atoms with Gasteiger partial charge in [-0.3, -0.25) is 4.79 Å². The number of carboxylic acids is 1. The molecule has 0 unspecified atom stereocenters. The molecule has 0 aliphatic heterocycles. The van der Waals surface area contributed by atoms with Crippen molar-refractivity contribution in [1.29, 1.82) is 0 Å². The van der Waals surface area contributed by atoms with Gasteiger partial charge in [-0.1, -0.05) is 36.4 Å². The number of aromatic nitrogens is 1. The van der Waals surface area contributed by atoms with Gasteiger partial charge in [0.25, 0.3) is 0 Å². The van der Waals surface area contributed by atoms with Crippen LogP contribution in [0.25, 0.3) is 0 Å². The average Bonchev–Trinajstić information content (AvgIpc) is 2.45. The fourth-order valence-corrected chi connectivity index (χ4v) is 2.10. The SMILES string of the molecule is Cc1cccnc1N(CCC(=O)O)Cc1ccccc1. The summed E-state index contributed by atoms with van der Waals surface area (Å²) in [6, 6.07) is 13.9. The van der Waals surface area contributed by atoms with Crippen LogP contribution < -0.4 is 4.90 Å². The molecule has 0 spiro atoms. The summed E-state index contributed by atoms with van der Waals surface area (Å²) in [6.07, 6.45) is 1.84. The van der Waals surface area contributed by atoms with E-state index in [4.69, 9.17) is 5.11 Å². The molecular weight excluding hydrogens is 252 g/mol. The lowest BCUT2D eigenvalue weighted by Gasteiger charge is -2.24. The molecular formula is C16H18N2O2. The van der Waals surface area contributed by atoms with Crippen LogP contribution in [0.2, 0.25) is 0 Å². The number of nitrogens with zero attached hydrogens (tertiary/aromatic N) is 2. The third-order valence-electron chi connectivity index (χ3n) is 3.09. The highest BCUT2D eigenvalue weighted by Gasteiger charge is 2.12. The number of aryl methyl sites for hydroxylation is 1. The predicted octanol–water partition coefficient (Wildman–Crippen LogP) is 2.87. The molecule has 0 saturated carbocycles. The summed E-state index contributed by atoms with van der Waals surface area (Å²) in [7, 11) is 0. The maximum atomic E-state index is 10.8. The van der Waals surface area contributed by atoms with Crippen molar-refractivity contribution in [3.05, 3.63) is 59.8 Å². The van der Waals surface area contributed by atoms with Crippen molar-refractivity contribution >= 4 is 11.8 Å². The second-order valence-electron chi connectivity index (χ2n) is 4.69. The van der Waals surface area contributed by atoms with E-state index in [0.717, 1.165) is 16.9 Å². The first-order valence-electron chi connectivity index (χ1n) is 6.59. The minimum atomic E-state index is -0.795. The minimum absolute atomic E-state index is 0.100. The first kappa shape index (κ1) is 14.1. The smallest absolute Gasteiger partial charge is 0.305 e. The van der Waals surface area contributed by atoms with Gasteiger partial charge in [-0.05, 0) is 24.1 Å². The second kappa shape index (κ2) is 6.70. The van der Waals surface area contributed by atoms with Gasteiger partial charge in [-0.25, -0.2) is 4.98 Å². The number of benzene rings is 1. The number of hydrogen-bond acceptors (Lipinski definition) is 3. The van der Waals surface area contributed by atoms with Crippen LogP contribution in [0.3, 0.4) is 0 Å². The zero-order valence-electron chi connectivity index (χ0n) is 11.5. The van der Waals surface area contributed by atoms with Crippen LogP contribution in [0.1, 0.15) is 17.5 Å². The third-order valence-corrected chi connectivity index (χ3v) is 3.09. The van der Waals surface area contributed by atoms with Crippen LogP contribution in [0.4, 0.5) is 5.82 Å². The Morgan fingerprint density at radius 1 is 1.20 bits per heavy atom. The Labute approximate surface area is 118 Å². The number of hydrogen-bond donors (Lipinski definition) is 1. The van der Waals surface area contributed by atoms with Gasteiger partial charge in [-0.2, -0.15) is 0 Å². The zero-order valence-corrected chi connectivity index (χ0v) is 11.5. The molecule has 104 valence electrons. The van der Waals surface area contributed by atoms with Crippen LogP contribution in [-0.2, 0) is 11.3 Å². The number of carboxylic acid groups (broad SMARTS) is 1. The third kappa shape index (κ3) is 3.82. The Morgan fingerprint density at radius 2 is 1.95 bits per heavy atom. The summed E-state index contributed by atoms with van der Waals surface area (Å²) in [5, 5.41) is 8.90. The number of rotatable bonds is 6. The predicted molar refractivity (Wildman–Crippen MR) is 78.7 cm³/mol. The molecule has 2 aromatic rings. The highest BCUT2D eigenvalue weighted by Crippen LogP contribution is 2.19. The maximum absolute atomic E-state index is 10.8. The molecule has 1 aromatic heterocycles. The van der Waals surface area contributed by atoms with Crippen molar-refractivity contribution in [2.24, 2.45) is 0 Å². The molecule has 1 N–H and O–H groups in total. The first-order chi connectivity index (χ1) is 9.66. The topological polar surface area (TPSA) is 53.4 Å². The minimum Gasteiger partial charge on any atom is -0.481 e. The lowest BCUT2D eigenvalue weighted by molar-refractivity contribution is -0.136. The van der Waals surface area contributed by atoms with Gasteiger partial charge in [0.1, 0.15) is 5.82 Å². The number of pyridine rings is 1. The summed E-state index contributed by atoms with van der Waals surface area (Å²) in [6.45, 7) is 3.09. The van der Waals surface area contributed by atoms with E-state index in [1.165, 1.54) is 0 Å². The Hall–Kier alpha value is -2.36. The van der Waals surface area contributed by atoms with Gasteiger partial charge < -0.3 is 10.0 Å². The molecule has 0 amide bonds. The molecule has 1 aromatic carbocycles. The maximum Gasteiger partial charge on any atom is 0.305 e. The molecule has 0 bridgehead atoms. The van der Waals surface area contributed by atoms with Crippen molar-refractivity contribution < 1.29 is 9.90 Å². The van der Waals surface area contributed by atoms with E-state index in [0.29, 0.717) is 13.1 Å². The van der Waals surface area contributed by atoms with Crippen molar-refractivity contribution in [2.45, 2.75) is 19.9 Å². The number of carbonyl (C=O) groups is 1. The van der Waals surface area contributed by atoms with E-state index >= 15 is 0 Å². The summed E-state index contributed by atoms with van der Waals surface area (Å²) < 4.78 is 0. The summed E-state index contributed by atoms with van der Waals surface area (Å²) in [5.41, 5.74) is 2.19. The highest BCUT2D eigenvalue weighted by molar-refractivity contribution is 5.67. The molecule has 1 heterocycles. The average molecular weight is 270 g/mol. The normalized spacial score (nSPS) is 10.2. The lowest BCUT2D eigenvalue weighted by atomic mass is 10.2. The van der Waals surface area contributed by atoms with Crippen LogP contribution >= 0.6 is 0 Å². The van der Waals surface area contributed by atoms with Gasteiger partial charge in [-0.15, -0.1) is 0 Å². The number of anilines is 1. The summed E-state index contributed by atoms with van der Waals surface area (Å²) in [4.78, 5) is 17.2. The number of aliphatic carboxylic acids is 1. The van der Waals surface area contributed by atoms with Crippen molar-refractivity contribution in [1.82, 2.24) is 4.98 Å². The highest BCUT2D eigenvalue weighted by atomic mass is 16.4. The van der Waals surface area contributed by atoms with Gasteiger partial charge in [0, 0.05) is 19.3 Å². The van der Waals surface area contributed by atoms with Crippen molar-refractivity contribution in [3.63, 3.8) is 0 Å². The fraction of sp³-hybridized carbons (Fsp3) is 0.250. The quantitative estimate of drug-likeness (QED) is 0.877. The Kier molecular flexibility index (Phi) is 4.71. The van der Waals surface area contributed by atoms with Crippen LogP contribution in [0, 0.1) is 6.92 Å². The molecule has 4 nitrogen and oxygen atoms in total. The van der Waals surface area contributed by atoms with Gasteiger partial charge in [0.15, 0.2) is 0 Å². The first-order valence-corrected chi connectivity index (χ1v) is 6.59. The molecule has 20 heavy (non-hydrogen) atoms. The fourth-order valence-electron chi connectivity index (χ4n) is 2.10. The summed E-state index contributed by atoms with van der Waals surface area (Å²) >= 11 is 0. The second-order valence-corrected chi connectivity index (χ2v) is 4.69. The van der Waals surface area contributed by atoms with E-state index in [9.17, 15) is 4.79 Å². The van der Waals surface area contributed by atoms with E-state index in [1.54, 1.807) is 6.20 Å². The van der Waals surface area contributed by atoms with Crippen molar-refractivity contribution in [2.75, 3.05) is 11.4 Å². The Balaban J connectivity index is 2.20. The molecule has 0 aliphatic carbocycles. The Morgan fingerprint density at radius 3 is 2.60 bits per heavy atom. The van der Waals surface area contributed by atoms with E-state index in [-0.39, 0.29) is 6.42 Å². The standard InChI is InChI=1S/C16H18N2O2/c1-13-6-5-10-17-16(13)18(11-9-15(19)20)12-14-7-3-2-4-8-14/h2-8,10H,9,11-12H2,1H3,(H,19,20). The molecule has 2 rings (SSSR count). The van der Waals surface area contributed by atoms with Gasteiger partial charge in [0.2, 0.25) is 0 Å². The van der Waals surface area contributed by atoms with Crippen LogP contribution in [0.5, 0.6) is 0 Å². The van der Waals surface area contributed by atoms with E-state index in [1.807, 2.05) is 54.3 Å². The van der Waals surface area contributed by atoms with Gasteiger partial charge >= 0.3 is 5.97 Å².